The highest BCUT2D eigenvalue weighted by Crippen LogP contribution is 2.05. The number of hydrogen-bond donors (Lipinski definition) is 2. The maximum Gasteiger partial charge on any atom is 0.427 e. The number of carboxylic acid groups (broad SMARTS) is 1. The number of benzene rings is 1. The van der Waals surface area contributed by atoms with E-state index in [0.29, 0.717) is 5.56 Å². The first-order chi connectivity index (χ1) is 8.15. The SMILES string of the molecule is CCOC(=O)NN=Cc1ccccc1C(=O)O. The zero-order valence-electron chi connectivity index (χ0n) is 9.21. The van der Waals surface area contributed by atoms with Crippen molar-refractivity contribution in [3.63, 3.8) is 0 Å². The van der Waals surface area contributed by atoms with Crippen LogP contribution in [0.5, 0.6) is 0 Å². The van der Waals surface area contributed by atoms with Crippen LogP contribution in [0.4, 0.5) is 4.79 Å². The van der Waals surface area contributed by atoms with Gasteiger partial charge in [0.1, 0.15) is 0 Å². The number of hydrazone groups is 1. The summed E-state index contributed by atoms with van der Waals surface area (Å²) in [6.07, 6.45) is 0.567. The Labute approximate surface area is 97.9 Å². The monoisotopic (exact) mass is 236 g/mol. The topological polar surface area (TPSA) is 88.0 Å². The first-order valence-corrected chi connectivity index (χ1v) is 4.93. The van der Waals surface area contributed by atoms with Crippen LogP contribution in [-0.4, -0.2) is 30.0 Å². The van der Waals surface area contributed by atoms with Crippen LogP contribution in [0.2, 0.25) is 0 Å². The lowest BCUT2D eigenvalue weighted by atomic mass is 10.1. The van der Waals surface area contributed by atoms with Crippen molar-refractivity contribution in [1.82, 2.24) is 5.43 Å². The molecule has 0 aromatic heterocycles. The van der Waals surface area contributed by atoms with Crippen LogP contribution < -0.4 is 5.43 Å². The first-order valence-electron chi connectivity index (χ1n) is 4.93. The second-order valence-corrected chi connectivity index (χ2v) is 2.98. The highest BCUT2D eigenvalue weighted by molar-refractivity contribution is 5.98. The van der Waals surface area contributed by atoms with Gasteiger partial charge in [0.2, 0.25) is 0 Å². The Morgan fingerprint density at radius 1 is 1.47 bits per heavy atom. The third kappa shape index (κ3) is 3.94. The summed E-state index contributed by atoms with van der Waals surface area (Å²) in [5, 5.41) is 12.5. The number of nitrogens with zero attached hydrogens (tertiary/aromatic N) is 1. The smallest absolute Gasteiger partial charge is 0.427 e. The summed E-state index contributed by atoms with van der Waals surface area (Å²) in [7, 11) is 0. The fourth-order valence-electron chi connectivity index (χ4n) is 1.12. The molecule has 1 amide bonds. The van der Waals surface area contributed by atoms with Gasteiger partial charge < -0.3 is 9.84 Å². The number of carboxylic acids is 1. The van der Waals surface area contributed by atoms with E-state index in [4.69, 9.17) is 5.11 Å². The van der Waals surface area contributed by atoms with E-state index in [0.717, 1.165) is 0 Å². The molecule has 0 saturated carbocycles. The Morgan fingerprint density at radius 2 is 2.18 bits per heavy atom. The molecule has 0 radical (unpaired) electrons. The number of amides is 1. The Bertz CT molecular complexity index is 443. The van der Waals surface area contributed by atoms with Crippen molar-refractivity contribution in [2.45, 2.75) is 6.92 Å². The minimum Gasteiger partial charge on any atom is -0.478 e. The molecular formula is C11H12N2O4. The molecule has 6 nitrogen and oxygen atoms in total. The van der Waals surface area contributed by atoms with Gasteiger partial charge in [-0.2, -0.15) is 5.10 Å². The number of rotatable bonds is 4. The van der Waals surface area contributed by atoms with E-state index in [1.54, 1.807) is 25.1 Å². The Balaban J connectivity index is 2.71. The summed E-state index contributed by atoms with van der Waals surface area (Å²) in [5.74, 6) is -1.05. The molecule has 0 saturated heterocycles. The van der Waals surface area contributed by atoms with E-state index in [9.17, 15) is 9.59 Å². The predicted molar refractivity (Wildman–Crippen MR) is 61.2 cm³/mol. The third-order valence-electron chi connectivity index (χ3n) is 1.83. The van der Waals surface area contributed by atoms with Crippen molar-refractivity contribution in [1.29, 1.82) is 0 Å². The fourth-order valence-corrected chi connectivity index (χ4v) is 1.12. The fraction of sp³-hybridized carbons (Fsp3) is 0.182. The second-order valence-electron chi connectivity index (χ2n) is 2.98. The quantitative estimate of drug-likeness (QED) is 0.612. The van der Waals surface area contributed by atoms with Gasteiger partial charge in [-0.1, -0.05) is 18.2 Å². The van der Waals surface area contributed by atoms with Gasteiger partial charge in [-0.3, -0.25) is 0 Å². The molecule has 0 spiro atoms. The van der Waals surface area contributed by atoms with Gasteiger partial charge in [0, 0.05) is 5.56 Å². The number of carbonyl (C=O) groups is 2. The van der Waals surface area contributed by atoms with Gasteiger partial charge in [0.05, 0.1) is 18.4 Å². The molecular weight excluding hydrogens is 224 g/mol. The van der Waals surface area contributed by atoms with E-state index >= 15 is 0 Å². The lowest BCUT2D eigenvalue weighted by molar-refractivity contribution is 0.0696. The highest BCUT2D eigenvalue weighted by atomic mass is 16.5. The number of nitrogens with one attached hydrogen (secondary N) is 1. The maximum atomic E-state index is 10.9. The molecule has 0 unspecified atom stereocenters. The van der Waals surface area contributed by atoms with Gasteiger partial charge in [0.25, 0.3) is 0 Å². The van der Waals surface area contributed by atoms with Gasteiger partial charge >= 0.3 is 12.1 Å². The van der Waals surface area contributed by atoms with Gasteiger partial charge in [-0.25, -0.2) is 15.0 Å². The average Bonchev–Trinajstić information content (AvgIpc) is 2.30. The lowest BCUT2D eigenvalue weighted by Crippen LogP contribution is -2.18. The molecule has 90 valence electrons. The zero-order chi connectivity index (χ0) is 12.7. The van der Waals surface area contributed by atoms with Crippen LogP contribution in [0.1, 0.15) is 22.8 Å². The summed E-state index contributed by atoms with van der Waals surface area (Å²) in [4.78, 5) is 21.7. The summed E-state index contributed by atoms with van der Waals surface area (Å²) < 4.78 is 4.58. The lowest BCUT2D eigenvalue weighted by Gasteiger charge is -2.00. The number of hydrogen-bond acceptors (Lipinski definition) is 4. The molecule has 0 aliphatic carbocycles. The molecule has 0 aliphatic rings. The number of ether oxygens (including phenoxy) is 1. The average molecular weight is 236 g/mol. The molecule has 1 aromatic rings. The second kappa shape index (κ2) is 6.26. The molecule has 1 aromatic carbocycles. The Kier molecular flexibility index (Phi) is 4.68. The van der Waals surface area contributed by atoms with E-state index < -0.39 is 12.1 Å². The molecule has 1 rings (SSSR count). The van der Waals surface area contributed by atoms with E-state index in [1.807, 2.05) is 0 Å². The zero-order valence-corrected chi connectivity index (χ0v) is 9.21. The van der Waals surface area contributed by atoms with Crippen LogP contribution in [0.25, 0.3) is 0 Å². The van der Waals surface area contributed by atoms with Crippen molar-refractivity contribution < 1.29 is 19.4 Å². The highest BCUT2D eigenvalue weighted by Gasteiger charge is 2.06. The molecule has 17 heavy (non-hydrogen) atoms. The Hall–Kier alpha value is -2.37. The molecule has 2 N–H and O–H groups in total. The van der Waals surface area contributed by atoms with Crippen LogP contribution >= 0.6 is 0 Å². The summed E-state index contributed by atoms with van der Waals surface area (Å²) in [6, 6.07) is 6.32. The first kappa shape index (κ1) is 12.7. The molecule has 0 fully saturated rings. The van der Waals surface area contributed by atoms with Crippen LogP contribution in [0.15, 0.2) is 29.4 Å². The molecule has 6 heteroatoms. The third-order valence-corrected chi connectivity index (χ3v) is 1.83. The largest absolute Gasteiger partial charge is 0.478 e. The summed E-state index contributed by atoms with van der Waals surface area (Å²) >= 11 is 0. The van der Waals surface area contributed by atoms with Crippen LogP contribution in [0, 0.1) is 0 Å². The van der Waals surface area contributed by atoms with E-state index in [-0.39, 0.29) is 12.2 Å². The minimum absolute atomic E-state index is 0.113. The molecule has 0 atom stereocenters. The van der Waals surface area contributed by atoms with Crippen molar-refractivity contribution in [2.75, 3.05) is 6.61 Å². The molecule has 0 heterocycles. The summed E-state index contributed by atoms with van der Waals surface area (Å²) in [6.45, 7) is 1.91. The van der Waals surface area contributed by atoms with Crippen molar-refractivity contribution >= 4 is 18.3 Å². The number of aromatic carboxylic acids is 1. The van der Waals surface area contributed by atoms with Gasteiger partial charge in [-0.05, 0) is 13.0 Å². The van der Waals surface area contributed by atoms with Crippen molar-refractivity contribution in [3.8, 4) is 0 Å². The summed E-state index contributed by atoms with van der Waals surface area (Å²) in [5.41, 5.74) is 2.63. The number of carbonyl (C=O) groups excluding carboxylic acids is 1. The van der Waals surface area contributed by atoms with Crippen LogP contribution in [0.3, 0.4) is 0 Å². The van der Waals surface area contributed by atoms with E-state index in [2.05, 4.69) is 15.3 Å². The molecule has 0 aliphatic heterocycles. The maximum absolute atomic E-state index is 10.9. The van der Waals surface area contributed by atoms with Crippen molar-refractivity contribution in [3.05, 3.63) is 35.4 Å². The molecule has 0 bridgehead atoms. The van der Waals surface area contributed by atoms with Gasteiger partial charge in [-0.15, -0.1) is 0 Å². The normalized spacial score (nSPS) is 10.2. The van der Waals surface area contributed by atoms with E-state index in [1.165, 1.54) is 12.3 Å². The van der Waals surface area contributed by atoms with Crippen LogP contribution in [-0.2, 0) is 4.74 Å². The van der Waals surface area contributed by atoms with Crippen molar-refractivity contribution in [2.24, 2.45) is 5.10 Å². The Morgan fingerprint density at radius 3 is 2.82 bits per heavy atom. The predicted octanol–water partition coefficient (Wildman–Crippen LogP) is 1.46. The standard InChI is InChI=1S/C11H12N2O4/c1-2-17-11(16)13-12-7-8-5-3-4-6-9(8)10(14)15/h3-7H,2H2,1H3,(H,13,16)(H,14,15). The minimum atomic E-state index is -1.05. The van der Waals surface area contributed by atoms with Gasteiger partial charge in [0.15, 0.2) is 0 Å².